The van der Waals surface area contributed by atoms with Gasteiger partial charge in [-0.15, -0.1) is 0 Å². The van der Waals surface area contributed by atoms with Crippen LogP contribution in [0.5, 0.6) is 0 Å². The van der Waals surface area contributed by atoms with Crippen molar-refractivity contribution in [3.63, 3.8) is 0 Å². The number of pyridine rings is 1. The number of aryl methyl sites for hydroxylation is 1. The monoisotopic (exact) mass is 502 g/mol. The van der Waals surface area contributed by atoms with E-state index in [1.165, 1.54) is 6.07 Å². The first-order chi connectivity index (χ1) is 17.1. The Morgan fingerprint density at radius 3 is 2.36 bits per heavy atom. The molecule has 0 atom stereocenters. The lowest BCUT2D eigenvalue weighted by Gasteiger charge is -2.37. The zero-order chi connectivity index (χ0) is 26.5. The van der Waals surface area contributed by atoms with E-state index < -0.39 is 22.8 Å². The van der Waals surface area contributed by atoms with Crippen molar-refractivity contribution in [2.75, 3.05) is 37.6 Å². The molecule has 2 amide bonds. The molecule has 3 rings (SSSR count). The summed E-state index contributed by atoms with van der Waals surface area (Å²) < 4.78 is 22.5. The minimum atomic E-state index is -0.576. The molecular formula is C27H39FN4O4. The molecule has 1 fully saturated rings. The van der Waals surface area contributed by atoms with Gasteiger partial charge >= 0.3 is 6.09 Å². The van der Waals surface area contributed by atoms with Gasteiger partial charge in [-0.05, 0) is 46.2 Å². The van der Waals surface area contributed by atoms with E-state index in [-0.39, 0.29) is 17.0 Å². The highest BCUT2D eigenvalue weighted by Crippen LogP contribution is 2.26. The average Bonchev–Trinajstić information content (AvgIpc) is 2.83. The van der Waals surface area contributed by atoms with Gasteiger partial charge in [0, 0.05) is 50.9 Å². The van der Waals surface area contributed by atoms with Crippen LogP contribution in [-0.4, -0.2) is 59.8 Å². The van der Waals surface area contributed by atoms with E-state index >= 15 is 4.39 Å². The van der Waals surface area contributed by atoms with Gasteiger partial charge in [0.05, 0.1) is 11.2 Å². The summed E-state index contributed by atoms with van der Waals surface area (Å²) in [5.74, 6) is -0.951. The number of nitrogens with one attached hydrogen (secondary N) is 1. The number of carbonyl (C=O) groups excluding carboxylic acids is 2. The fraction of sp³-hybridized carbons (Fsp3) is 0.593. The van der Waals surface area contributed by atoms with Crippen LogP contribution in [0, 0.1) is 5.82 Å². The molecule has 0 unspecified atom stereocenters. The maximum absolute atomic E-state index is 15.3. The van der Waals surface area contributed by atoms with Gasteiger partial charge in [-0.1, -0.05) is 26.2 Å². The standard InChI is InChI=1S/C27H39FN4O4/c1-6-8-9-10-11-29-25(34)20-18-30(7-2)22-17-23(21(28)16-19(22)24(20)33)31-12-14-32(15-13-31)26(35)36-27(3,4)5/h16-18H,6-15H2,1-5H3,(H,29,34). The minimum Gasteiger partial charge on any atom is -0.444 e. The molecule has 8 nitrogen and oxygen atoms in total. The molecule has 0 bridgehead atoms. The lowest BCUT2D eigenvalue weighted by atomic mass is 10.1. The van der Waals surface area contributed by atoms with Gasteiger partial charge in [-0.25, -0.2) is 9.18 Å². The van der Waals surface area contributed by atoms with Gasteiger partial charge in [0.1, 0.15) is 17.0 Å². The number of fused-ring (bicyclic) bond motifs is 1. The molecule has 0 aliphatic carbocycles. The van der Waals surface area contributed by atoms with Gasteiger partial charge in [-0.2, -0.15) is 0 Å². The Bertz CT molecular complexity index is 1150. The van der Waals surface area contributed by atoms with Gasteiger partial charge in [0.2, 0.25) is 5.43 Å². The maximum Gasteiger partial charge on any atom is 0.410 e. The number of unbranched alkanes of at least 4 members (excludes halogenated alkanes) is 3. The van der Waals surface area contributed by atoms with Crippen molar-refractivity contribution >= 4 is 28.6 Å². The number of nitrogens with zero attached hydrogens (tertiary/aromatic N) is 3. The normalized spacial score (nSPS) is 14.3. The molecule has 1 N–H and O–H groups in total. The molecule has 1 saturated heterocycles. The first kappa shape index (κ1) is 27.5. The zero-order valence-corrected chi connectivity index (χ0v) is 22.2. The Hall–Kier alpha value is -3.10. The van der Waals surface area contributed by atoms with E-state index in [1.807, 2.05) is 37.2 Å². The predicted octanol–water partition coefficient (Wildman–Crippen LogP) is 4.53. The molecule has 0 radical (unpaired) electrons. The third-order valence-electron chi connectivity index (χ3n) is 6.32. The largest absolute Gasteiger partial charge is 0.444 e. The van der Waals surface area contributed by atoms with Crippen molar-refractivity contribution in [1.82, 2.24) is 14.8 Å². The second-order valence-electron chi connectivity index (χ2n) is 10.2. The Labute approximate surface area is 212 Å². The number of anilines is 1. The summed E-state index contributed by atoms with van der Waals surface area (Å²) in [5.41, 5.74) is -0.0687. The predicted molar refractivity (Wildman–Crippen MR) is 140 cm³/mol. The first-order valence-electron chi connectivity index (χ1n) is 12.9. The van der Waals surface area contributed by atoms with Gasteiger partial charge < -0.3 is 24.4 Å². The van der Waals surface area contributed by atoms with Crippen molar-refractivity contribution < 1.29 is 18.7 Å². The lowest BCUT2D eigenvalue weighted by Crippen LogP contribution is -2.50. The number of hydrogen-bond donors (Lipinski definition) is 1. The molecule has 0 saturated carbocycles. The molecular weight excluding hydrogens is 463 g/mol. The molecule has 1 aliphatic rings. The van der Waals surface area contributed by atoms with E-state index in [4.69, 9.17) is 4.74 Å². The topological polar surface area (TPSA) is 83.9 Å². The van der Waals surface area contributed by atoms with Crippen LogP contribution in [0.3, 0.4) is 0 Å². The van der Waals surface area contributed by atoms with Crippen LogP contribution in [0.2, 0.25) is 0 Å². The Morgan fingerprint density at radius 2 is 1.75 bits per heavy atom. The average molecular weight is 503 g/mol. The second-order valence-corrected chi connectivity index (χ2v) is 10.2. The van der Waals surface area contributed by atoms with Crippen LogP contribution in [0.25, 0.3) is 10.9 Å². The highest BCUT2D eigenvalue weighted by Gasteiger charge is 2.27. The molecule has 36 heavy (non-hydrogen) atoms. The van der Waals surface area contributed by atoms with Gasteiger partial charge in [0.15, 0.2) is 0 Å². The van der Waals surface area contributed by atoms with Crippen LogP contribution >= 0.6 is 0 Å². The van der Waals surface area contributed by atoms with E-state index in [2.05, 4.69) is 12.2 Å². The minimum absolute atomic E-state index is 0.0259. The summed E-state index contributed by atoms with van der Waals surface area (Å²) in [4.78, 5) is 41.7. The number of amides is 2. The molecule has 2 heterocycles. The number of piperazine rings is 1. The summed E-state index contributed by atoms with van der Waals surface area (Å²) >= 11 is 0. The van der Waals surface area contributed by atoms with Crippen molar-refractivity contribution in [2.24, 2.45) is 0 Å². The van der Waals surface area contributed by atoms with Crippen LogP contribution in [0.4, 0.5) is 14.9 Å². The zero-order valence-electron chi connectivity index (χ0n) is 22.2. The number of benzene rings is 1. The van der Waals surface area contributed by atoms with Crippen LogP contribution in [0.15, 0.2) is 23.1 Å². The van der Waals surface area contributed by atoms with Crippen LogP contribution in [-0.2, 0) is 11.3 Å². The van der Waals surface area contributed by atoms with E-state index in [0.717, 1.165) is 25.7 Å². The quantitative estimate of drug-likeness (QED) is 0.537. The fourth-order valence-electron chi connectivity index (χ4n) is 4.37. The third-order valence-corrected chi connectivity index (χ3v) is 6.32. The molecule has 2 aromatic rings. The molecule has 1 aliphatic heterocycles. The van der Waals surface area contributed by atoms with Gasteiger partial charge in [0.25, 0.3) is 5.91 Å². The van der Waals surface area contributed by atoms with Crippen molar-refractivity contribution in [3.05, 3.63) is 39.9 Å². The van der Waals surface area contributed by atoms with E-state index in [0.29, 0.717) is 50.5 Å². The number of aromatic nitrogens is 1. The van der Waals surface area contributed by atoms with Crippen molar-refractivity contribution in [3.8, 4) is 0 Å². The highest BCUT2D eigenvalue weighted by molar-refractivity contribution is 5.97. The molecule has 1 aromatic heterocycles. The van der Waals surface area contributed by atoms with Crippen molar-refractivity contribution in [2.45, 2.75) is 72.4 Å². The maximum atomic E-state index is 15.3. The summed E-state index contributed by atoms with van der Waals surface area (Å²) in [6.07, 6.45) is 5.27. The summed E-state index contributed by atoms with van der Waals surface area (Å²) in [7, 11) is 0. The molecule has 9 heteroatoms. The number of carbonyl (C=O) groups is 2. The molecule has 0 spiro atoms. The highest BCUT2D eigenvalue weighted by atomic mass is 19.1. The lowest BCUT2D eigenvalue weighted by molar-refractivity contribution is 0.0240. The number of halogens is 1. The Kier molecular flexibility index (Phi) is 8.98. The number of ether oxygens (including phenoxy) is 1. The Balaban J connectivity index is 1.81. The first-order valence-corrected chi connectivity index (χ1v) is 12.9. The third kappa shape index (κ3) is 6.56. The number of rotatable bonds is 8. The summed E-state index contributed by atoms with van der Waals surface area (Å²) in [6.45, 7) is 12.2. The van der Waals surface area contributed by atoms with Gasteiger partial charge in [-0.3, -0.25) is 9.59 Å². The van der Waals surface area contributed by atoms with Crippen LogP contribution < -0.4 is 15.6 Å². The molecule has 1 aromatic carbocycles. The van der Waals surface area contributed by atoms with E-state index in [1.54, 1.807) is 17.2 Å². The van der Waals surface area contributed by atoms with E-state index in [9.17, 15) is 14.4 Å². The SMILES string of the molecule is CCCCCCNC(=O)c1cn(CC)c2cc(N3CCN(C(=O)OC(C)(C)C)CC3)c(F)cc2c1=O. The van der Waals surface area contributed by atoms with Crippen LogP contribution in [0.1, 0.15) is 70.7 Å². The Morgan fingerprint density at radius 1 is 1.06 bits per heavy atom. The van der Waals surface area contributed by atoms with Crippen molar-refractivity contribution in [1.29, 1.82) is 0 Å². The number of hydrogen-bond acceptors (Lipinski definition) is 5. The summed E-state index contributed by atoms with van der Waals surface area (Å²) in [5, 5.41) is 3.01. The molecule has 198 valence electrons. The smallest absolute Gasteiger partial charge is 0.410 e. The summed E-state index contributed by atoms with van der Waals surface area (Å²) in [6, 6.07) is 2.91. The fourth-order valence-corrected chi connectivity index (χ4v) is 4.37. The second kappa shape index (κ2) is 11.8.